The van der Waals surface area contributed by atoms with Gasteiger partial charge in [0.05, 0.1) is 16.2 Å². The van der Waals surface area contributed by atoms with Crippen LogP contribution in [0.3, 0.4) is 0 Å². The lowest BCUT2D eigenvalue weighted by molar-refractivity contribution is 0.0299. The number of ether oxygens (including phenoxy) is 1. The number of carbonyl (C=O) groups is 2. The van der Waals surface area contributed by atoms with Gasteiger partial charge in [0.15, 0.2) is 5.65 Å². The van der Waals surface area contributed by atoms with E-state index in [0.29, 0.717) is 10.9 Å². The monoisotopic (exact) mass is 621 g/mol. The number of amides is 2. The summed E-state index contributed by atoms with van der Waals surface area (Å²) < 4.78 is 76.3. The number of rotatable bonds is 7. The molecule has 43 heavy (non-hydrogen) atoms. The summed E-state index contributed by atoms with van der Waals surface area (Å²) in [6.07, 6.45) is -1.63. The summed E-state index contributed by atoms with van der Waals surface area (Å²) in [6.45, 7) is 7.04. The number of nitrogens with one attached hydrogen (secondary N) is 1. The predicted octanol–water partition coefficient (Wildman–Crippen LogP) is 4.60. The summed E-state index contributed by atoms with van der Waals surface area (Å²) in [6, 6.07) is 5.98. The third kappa shape index (κ3) is 7.42. The fourth-order valence-corrected chi connectivity index (χ4v) is 6.04. The van der Waals surface area contributed by atoms with Gasteiger partial charge in [0, 0.05) is 38.6 Å². The topological polar surface area (TPSA) is 122 Å². The zero-order valence-electron chi connectivity index (χ0n) is 24.6. The number of alkyl halides is 1. The van der Waals surface area contributed by atoms with Crippen LogP contribution in [0.1, 0.15) is 49.7 Å². The van der Waals surface area contributed by atoms with Crippen molar-refractivity contribution in [3.8, 4) is 11.3 Å². The van der Waals surface area contributed by atoms with Crippen LogP contribution in [0.5, 0.6) is 0 Å². The molecule has 0 atom stereocenters. The zero-order chi connectivity index (χ0) is 31.7. The number of nitrogens with zero attached hydrogens (tertiary/aromatic N) is 4. The molecule has 3 heterocycles. The average Bonchev–Trinajstić information content (AvgIpc) is 2.91. The molecule has 0 unspecified atom stereocenters. The fraction of sp³-hybridized carbons (Fsp3) is 0.448. The average molecular weight is 622 g/mol. The number of hydrogen-bond acceptors (Lipinski definition) is 7. The molecule has 10 nitrogen and oxygen atoms in total. The maximum Gasteiger partial charge on any atom is 0.410 e. The van der Waals surface area contributed by atoms with E-state index in [1.807, 2.05) is 0 Å². The maximum absolute atomic E-state index is 15.3. The van der Waals surface area contributed by atoms with Crippen molar-refractivity contribution in [1.29, 1.82) is 0 Å². The molecule has 4 rings (SSSR count). The highest BCUT2D eigenvalue weighted by atomic mass is 32.2. The van der Waals surface area contributed by atoms with E-state index in [4.69, 9.17) is 4.74 Å². The minimum Gasteiger partial charge on any atom is -0.444 e. The van der Waals surface area contributed by atoms with E-state index in [1.165, 1.54) is 24.1 Å². The van der Waals surface area contributed by atoms with Gasteiger partial charge in [0.25, 0.3) is 5.91 Å². The quantitative estimate of drug-likeness (QED) is 0.409. The maximum atomic E-state index is 15.3. The minimum absolute atomic E-state index is 0.00379. The van der Waals surface area contributed by atoms with Gasteiger partial charge in [-0.3, -0.25) is 4.79 Å². The van der Waals surface area contributed by atoms with Gasteiger partial charge in [0.2, 0.25) is 10.0 Å². The molecule has 232 valence electrons. The Morgan fingerprint density at radius 1 is 1.09 bits per heavy atom. The van der Waals surface area contributed by atoms with Crippen molar-refractivity contribution in [2.45, 2.75) is 57.2 Å². The summed E-state index contributed by atoms with van der Waals surface area (Å²) in [4.78, 5) is 34.2. The van der Waals surface area contributed by atoms with E-state index in [1.54, 1.807) is 33.8 Å². The van der Waals surface area contributed by atoms with Crippen LogP contribution in [-0.2, 0) is 14.8 Å². The van der Waals surface area contributed by atoms with Crippen LogP contribution in [0.2, 0.25) is 0 Å². The van der Waals surface area contributed by atoms with Crippen LogP contribution in [-0.4, -0.2) is 84.6 Å². The standard InChI is InChI=1S/C29H34F3N5O5S/c1-17-14-24(25-21(31)15-19(16-22(25)32)43(40,41)37-11-8-18(30)9-12-37)35-26-20(17)6-7-23(34-26)27(38)33-10-13-36(5)28(39)42-29(2,3)4/h6-7,14-16,18H,8-13H2,1-5H3,(H,33,38). The van der Waals surface area contributed by atoms with Crippen molar-refractivity contribution in [2.75, 3.05) is 33.2 Å². The first kappa shape index (κ1) is 32.1. The molecule has 0 aliphatic carbocycles. The van der Waals surface area contributed by atoms with Gasteiger partial charge in [0.1, 0.15) is 29.1 Å². The lowest BCUT2D eigenvalue weighted by atomic mass is 10.1. The van der Waals surface area contributed by atoms with Crippen molar-refractivity contribution in [2.24, 2.45) is 0 Å². The van der Waals surface area contributed by atoms with E-state index in [9.17, 15) is 22.4 Å². The predicted molar refractivity (Wildman–Crippen MR) is 154 cm³/mol. The van der Waals surface area contributed by atoms with Crippen molar-refractivity contribution < 1.29 is 35.9 Å². The van der Waals surface area contributed by atoms with Gasteiger partial charge in [-0.2, -0.15) is 4.31 Å². The number of piperidine rings is 1. The second-order valence-corrected chi connectivity index (χ2v) is 13.3. The van der Waals surface area contributed by atoms with Crippen LogP contribution in [0.4, 0.5) is 18.0 Å². The second-order valence-electron chi connectivity index (χ2n) is 11.4. The van der Waals surface area contributed by atoms with Gasteiger partial charge >= 0.3 is 6.09 Å². The third-order valence-electron chi connectivity index (χ3n) is 6.84. The Bertz CT molecular complexity index is 1630. The SMILES string of the molecule is Cc1cc(-c2c(F)cc(S(=O)(=O)N3CCC(F)CC3)cc2F)nc2nc(C(=O)NCCN(C)C(=O)OC(C)(C)C)ccc12. The Kier molecular flexibility index (Phi) is 9.30. The Morgan fingerprint density at radius 2 is 1.72 bits per heavy atom. The van der Waals surface area contributed by atoms with Gasteiger partial charge in [-0.05, 0) is 76.4 Å². The van der Waals surface area contributed by atoms with E-state index in [-0.39, 0.29) is 56.1 Å². The van der Waals surface area contributed by atoms with Gasteiger partial charge in [-0.25, -0.2) is 36.4 Å². The molecular weight excluding hydrogens is 587 g/mol. The van der Waals surface area contributed by atoms with E-state index < -0.39 is 55.9 Å². The summed E-state index contributed by atoms with van der Waals surface area (Å²) in [5, 5.41) is 3.20. The highest BCUT2D eigenvalue weighted by Crippen LogP contribution is 2.32. The highest BCUT2D eigenvalue weighted by Gasteiger charge is 2.31. The Hall–Kier alpha value is -3.78. The molecule has 3 aromatic rings. The number of halogens is 3. The first-order valence-electron chi connectivity index (χ1n) is 13.7. The molecular formula is C29H34F3N5O5S. The van der Waals surface area contributed by atoms with Crippen molar-refractivity contribution >= 4 is 33.1 Å². The van der Waals surface area contributed by atoms with Crippen LogP contribution < -0.4 is 5.32 Å². The van der Waals surface area contributed by atoms with E-state index in [2.05, 4.69) is 15.3 Å². The summed E-state index contributed by atoms with van der Waals surface area (Å²) in [5.41, 5.74) is -0.718. The van der Waals surface area contributed by atoms with Crippen molar-refractivity contribution in [3.63, 3.8) is 0 Å². The van der Waals surface area contributed by atoms with Gasteiger partial charge in [-0.1, -0.05) is 0 Å². The van der Waals surface area contributed by atoms with Gasteiger partial charge in [-0.15, -0.1) is 0 Å². The van der Waals surface area contributed by atoms with E-state index >= 15 is 8.78 Å². The van der Waals surface area contributed by atoms with E-state index in [0.717, 1.165) is 16.4 Å². The minimum atomic E-state index is -4.23. The van der Waals surface area contributed by atoms with Crippen molar-refractivity contribution in [3.05, 3.63) is 53.2 Å². The fourth-order valence-electron chi connectivity index (χ4n) is 4.54. The number of likely N-dealkylation sites (N-methyl/N-ethyl adjacent to an activating group) is 1. The Labute approximate surface area is 248 Å². The highest BCUT2D eigenvalue weighted by molar-refractivity contribution is 7.89. The molecule has 1 N–H and O–H groups in total. The normalized spacial score (nSPS) is 15.0. The molecule has 2 aromatic heterocycles. The summed E-state index contributed by atoms with van der Waals surface area (Å²) in [5.74, 6) is -2.84. The molecule has 1 fully saturated rings. The third-order valence-corrected chi connectivity index (χ3v) is 8.72. The molecule has 0 bridgehead atoms. The number of pyridine rings is 2. The van der Waals surface area contributed by atoms with Gasteiger partial charge < -0.3 is 15.0 Å². The van der Waals surface area contributed by atoms with Crippen LogP contribution in [0, 0.1) is 18.6 Å². The summed E-state index contributed by atoms with van der Waals surface area (Å²) >= 11 is 0. The molecule has 1 aromatic carbocycles. The van der Waals surface area contributed by atoms with Crippen molar-refractivity contribution in [1.82, 2.24) is 24.5 Å². The number of aryl methyl sites for hydroxylation is 1. The first-order valence-corrected chi connectivity index (χ1v) is 15.1. The largest absolute Gasteiger partial charge is 0.444 e. The lowest BCUT2D eigenvalue weighted by Crippen LogP contribution is -2.39. The molecule has 0 radical (unpaired) electrons. The number of fused-ring (bicyclic) bond motifs is 1. The van der Waals surface area contributed by atoms with Crippen LogP contribution >= 0.6 is 0 Å². The number of hydrogen-bond donors (Lipinski definition) is 1. The lowest BCUT2D eigenvalue weighted by Gasteiger charge is -2.28. The smallest absolute Gasteiger partial charge is 0.410 e. The number of aromatic nitrogens is 2. The van der Waals surface area contributed by atoms with Crippen LogP contribution in [0.15, 0.2) is 35.2 Å². The number of sulfonamides is 1. The molecule has 0 spiro atoms. The first-order chi connectivity index (χ1) is 20.1. The Balaban J connectivity index is 1.55. The molecule has 2 amide bonds. The molecule has 1 saturated heterocycles. The zero-order valence-corrected chi connectivity index (χ0v) is 25.4. The number of carbonyl (C=O) groups excluding carboxylic acids is 2. The Morgan fingerprint density at radius 3 is 2.33 bits per heavy atom. The summed E-state index contributed by atoms with van der Waals surface area (Å²) in [7, 11) is -2.69. The molecule has 14 heteroatoms. The molecule has 1 aliphatic rings. The second kappa shape index (κ2) is 12.4. The molecule has 0 saturated carbocycles. The van der Waals surface area contributed by atoms with Crippen LogP contribution in [0.25, 0.3) is 22.3 Å². The molecule has 1 aliphatic heterocycles. The number of benzene rings is 1.